The number of primary amides is 1. The molecule has 4 atom stereocenters. The van der Waals surface area contributed by atoms with Gasteiger partial charge in [0.05, 0.1) is 18.1 Å². The molecule has 0 aromatic heterocycles. The van der Waals surface area contributed by atoms with Crippen molar-refractivity contribution in [3.63, 3.8) is 0 Å². The van der Waals surface area contributed by atoms with Crippen LogP contribution in [0, 0.1) is 0 Å². The van der Waals surface area contributed by atoms with Gasteiger partial charge in [-0.1, -0.05) is 6.42 Å². The van der Waals surface area contributed by atoms with Crippen LogP contribution in [0.2, 0.25) is 0 Å². The maximum Gasteiger partial charge on any atom is 0.338 e. The molecular weight excluding hydrogens is 496 g/mol. The van der Waals surface area contributed by atoms with E-state index in [0.29, 0.717) is 6.42 Å². The van der Waals surface area contributed by atoms with Crippen molar-refractivity contribution in [3.8, 4) is 0 Å². The molecule has 0 rings (SSSR count). The molecule has 0 aromatic carbocycles. The lowest BCUT2D eigenvalue weighted by molar-refractivity contribution is -0.173. The number of hydrogen-bond acceptors (Lipinski definition) is 11. The topological polar surface area (TPSA) is 314 Å². The first-order chi connectivity index (χ1) is 17.1. The zero-order valence-electron chi connectivity index (χ0n) is 20.3. The predicted octanol–water partition coefficient (Wildman–Crippen LogP) is -3.16. The second-order valence-corrected chi connectivity index (χ2v) is 8.48. The number of carbonyl (C=O) groups excluding carboxylic acids is 4. The summed E-state index contributed by atoms with van der Waals surface area (Å²) in [6.07, 6.45) is -3.58. The van der Waals surface area contributed by atoms with Crippen molar-refractivity contribution in [1.82, 2.24) is 4.90 Å². The summed E-state index contributed by atoms with van der Waals surface area (Å²) in [5, 5.41) is 28.3. The molecule has 0 fully saturated rings. The van der Waals surface area contributed by atoms with Crippen LogP contribution in [-0.4, -0.2) is 91.8 Å². The highest BCUT2D eigenvalue weighted by molar-refractivity contribution is 6.17. The molecule has 0 saturated carbocycles. The maximum atomic E-state index is 13.5. The summed E-state index contributed by atoms with van der Waals surface area (Å²) in [5.41, 5.74) is 24.8. The highest BCUT2D eigenvalue weighted by Crippen LogP contribution is 2.29. The molecular formula is C21H36N6O10. The van der Waals surface area contributed by atoms with Gasteiger partial charge in [-0.05, 0) is 38.6 Å². The van der Waals surface area contributed by atoms with Gasteiger partial charge in [0.15, 0.2) is 5.78 Å². The van der Waals surface area contributed by atoms with Crippen molar-refractivity contribution >= 4 is 41.4 Å². The van der Waals surface area contributed by atoms with E-state index >= 15 is 0 Å². The second-order valence-electron chi connectivity index (χ2n) is 8.48. The summed E-state index contributed by atoms with van der Waals surface area (Å²) in [4.78, 5) is 86.3. The van der Waals surface area contributed by atoms with Crippen LogP contribution in [0.15, 0.2) is 0 Å². The minimum absolute atomic E-state index is 0.00433. The Bertz CT molecular complexity index is 882. The number of amides is 3. The van der Waals surface area contributed by atoms with Gasteiger partial charge in [0.2, 0.25) is 23.3 Å². The molecule has 0 bridgehead atoms. The van der Waals surface area contributed by atoms with Crippen molar-refractivity contribution in [2.24, 2.45) is 28.7 Å². The van der Waals surface area contributed by atoms with E-state index in [1.807, 2.05) is 0 Å². The van der Waals surface area contributed by atoms with Gasteiger partial charge in [0, 0.05) is 19.3 Å². The summed E-state index contributed by atoms with van der Waals surface area (Å²) < 4.78 is 0. The number of nitrogens with zero attached hydrogens (tertiary/aromatic N) is 1. The third-order valence-electron chi connectivity index (χ3n) is 5.60. The van der Waals surface area contributed by atoms with Crippen LogP contribution in [0.1, 0.15) is 57.8 Å². The summed E-state index contributed by atoms with van der Waals surface area (Å²) in [6, 6.07) is -5.06. The van der Waals surface area contributed by atoms with E-state index in [1.54, 1.807) is 0 Å². The summed E-state index contributed by atoms with van der Waals surface area (Å²) in [7, 11) is 0. The molecule has 16 heteroatoms. The molecule has 0 saturated heterocycles. The lowest BCUT2D eigenvalue weighted by Crippen LogP contribution is -2.71. The van der Waals surface area contributed by atoms with E-state index in [2.05, 4.69) is 0 Å². The van der Waals surface area contributed by atoms with Gasteiger partial charge < -0.3 is 44.0 Å². The molecule has 13 N–H and O–H groups in total. The van der Waals surface area contributed by atoms with Crippen LogP contribution in [0.25, 0.3) is 0 Å². The standard InChI is InChI=1S/C21H36N6O10/c22-10-2-1-3-12(24)18(34)27(19(35)13(25)5-7-15(29)30)21(20(36)37,9-8-16(31)32)17(33)11(23)4-6-14(26)28/h11-13H,1-10,22-25H2,(H2,26,28)(H,29,30)(H,31,32)(H,36,37). The smallest absolute Gasteiger partial charge is 0.338 e. The number of imide groups is 1. The van der Waals surface area contributed by atoms with Crippen molar-refractivity contribution < 1.29 is 48.9 Å². The van der Waals surface area contributed by atoms with E-state index < -0.39 is 104 Å². The van der Waals surface area contributed by atoms with Crippen LogP contribution in [0.4, 0.5) is 0 Å². The molecule has 0 aliphatic carbocycles. The molecule has 210 valence electrons. The quantitative estimate of drug-likeness (QED) is 0.0601. The summed E-state index contributed by atoms with van der Waals surface area (Å²) in [5.74, 6) is -10.1. The molecule has 37 heavy (non-hydrogen) atoms. The molecule has 0 radical (unpaired) electrons. The Hall–Kier alpha value is -3.47. The highest BCUT2D eigenvalue weighted by atomic mass is 16.4. The number of ketones is 1. The van der Waals surface area contributed by atoms with Gasteiger partial charge in [0.25, 0.3) is 0 Å². The average molecular weight is 533 g/mol. The maximum absolute atomic E-state index is 13.5. The highest BCUT2D eigenvalue weighted by Gasteiger charge is 2.58. The number of nitrogens with two attached hydrogens (primary N) is 5. The van der Waals surface area contributed by atoms with Gasteiger partial charge in [-0.3, -0.25) is 33.7 Å². The van der Waals surface area contributed by atoms with E-state index in [0.717, 1.165) is 0 Å². The van der Waals surface area contributed by atoms with Crippen molar-refractivity contribution in [3.05, 3.63) is 0 Å². The van der Waals surface area contributed by atoms with Crippen LogP contribution < -0.4 is 28.7 Å². The SMILES string of the molecule is NCCCCC(N)C(=O)N(C(=O)C(N)CCC(=O)O)C(CCC(=O)O)(C(=O)O)C(=O)C(N)CCC(N)=O. The first kappa shape index (κ1) is 33.5. The minimum atomic E-state index is -3.17. The number of rotatable bonds is 19. The predicted molar refractivity (Wildman–Crippen MR) is 126 cm³/mol. The Morgan fingerprint density at radius 3 is 1.62 bits per heavy atom. The Labute approximate surface area is 212 Å². The normalized spacial score (nSPS) is 15.0. The number of unbranched alkanes of at least 4 members (excludes halogenated alkanes) is 1. The molecule has 0 aromatic rings. The zero-order valence-corrected chi connectivity index (χ0v) is 20.3. The Kier molecular flexibility index (Phi) is 14.1. The van der Waals surface area contributed by atoms with Gasteiger partial charge in [-0.25, -0.2) is 4.79 Å². The van der Waals surface area contributed by atoms with E-state index in [1.165, 1.54) is 0 Å². The van der Waals surface area contributed by atoms with E-state index in [4.69, 9.17) is 33.8 Å². The first-order valence-electron chi connectivity index (χ1n) is 11.5. The summed E-state index contributed by atoms with van der Waals surface area (Å²) >= 11 is 0. The van der Waals surface area contributed by atoms with Crippen molar-refractivity contribution in [1.29, 1.82) is 0 Å². The van der Waals surface area contributed by atoms with Gasteiger partial charge in [0.1, 0.15) is 0 Å². The van der Waals surface area contributed by atoms with Crippen molar-refractivity contribution in [2.45, 2.75) is 81.5 Å². The van der Waals surface area contributed by atoms with Gasteiger partial charge in [-0.15, -0.1) is 0 Å². The molecule has 3 amide bonds. The Balaban J connectivity index is 6.88. The minimum Gasteiger partial charge on any atom is -0.481 e. The molecule has 0 aliphatic rings. The third-order valence-corrected chi connectivity index (χ3v) is 5.60. The molecule has 16 nitrogen and oxygen atoms in total. The lowest BCUT2D eigenvalue weighted by Gasteiger charge is -2.41. The van der Waals surface area contributed by atoms with Crippen LogP contribution >= 0.6 is 0 Å². The number of carboxylic acids is 3. The molecule has 4 unspecified atom stereocenters. The number of carbonyl (C=O) groups is 7. The fourth-order valence-electron chi connectivity index (χ4n) is 3.53. The van der Waals surface area contributed by atoms with Crippen molar-refractivity contribution in [2.75, 3.05) is 6.54 Å². The Morgan fingerprint density at radius 1 is 0.703 bits per heavy atom. The third kappa shape index (κ3) is 9.83. The lowest BCUT2D eigenvalue weighted by atomic mass is 9.80. The van der Waals surface area contributed by atoms with Gasteiger partial charge >= 0.3 is 17.9 Å². The van der Waals surface area contributed by atoms with E-state index in [-0.39, 0.29) is 24.3 Å². The number of Topliss-reactive ketones (excluding diaryl/α,β-unsaturated/α-hetero) is 1. The Morgan fingerprint density at radius 2 is 1.19 bits per heavy atom. The van der Waals surface area contributed by atoms with Crippen LogP contribution in [0.5, 0.6) is 0 Å². The number of carboxylic acid groups (broad SMARTS) is 3. The second kappa shape index (κ2) is 15.6. The zero-order chi connectivity index (χ0) is 28.9. The average Bonchev–Trinajstić information content (AvgIpc) is 2.81. The summed E-state index contributed by atoms with van der Waals surface area (Å²) in [6.45, 7) is 0.245. The molecule has 0 spiro atoms. The fourth-order valence-corrected chi connectivity index (χ4v) is 3.53. The molecule has 0 heterocycles. The van der Waals surface area contributed by atoms with Crippen LogP contribution in [-0.2, 0) is 33.6 Å². The van der Waals surface area contributed by atoms with E-state index in [9.17, 15) is 43.8 Å². The fraction of sp³-hybridized carbons (Fsp3) is 0.667. The first-order valence-corrected chi connectivity index (χ1v) is 11.5. The van der Waals surface area contributed by atoms with Crippen LogP contribution in [0.3, 0.4) is 0 Å². The monoisotopic (exact) mass is 532 g/mol. The number of hydrogen-bond donors (Lipinski definition) is 8. The molecule has 0 aliphatic heterocycles. The van der Waals surface area contributed by atoms with Gasteiger partial charge in [-0.2, -0.15) is 0 Å². The largest absolute Gasteiger partial charge is 0.481 e. The number of aliphatic carboxylic acids is 3.